The fourth-order valence-electron chi connectivity index (χ4n) is 6.50. The molecule has 5 amide bonds. The highest BCUT2D eigenvalue weighted by Gasteiger charge is 2.32. The van der Waals surface area contributed by atoms with Gasteiger partial charge >= 0.3 is 5.97 Å². The fourth-order valence-corrected chi connectivity index (χ4v) is 6.50. The number of amides is 5. The number of hydrogen-bond acceptors (Lipinski definition) is 7. The van der Waals surface area contributed by atoms with E-state index in [1.807, 2.05) is 84.9 Å². The topological polar surface area (TPSA) is 192 Å². The number of carbonyl (C=O) groups excluding carboxylic acids is 5. The first-order chi connectivity index (χ1) is 27.5. The third-order valence-corrected chi connectivity index (χ3v) is 9.62. The van der Waals surface area contributed by atoms with Gasteiger partial charge in [0.25, 0.3) is 5.91 Å². The second-order valence-corrected chi connectivity index (χ2v) is 14.0. The quantitative estimate of drug-likeness (QED) is 0.0931. The Morgan fingerprint density at radius 1 is 0.667 bits per heavy atom. The normalized spacial score (nSPS) is 19.3. The fraction of sp³-hybridized carbons (Fsp3) is 0.318. The van der Waals surface area contributed by atoms with Crippen LogP contribution in [0.2, 0.25) is 0 Å². The SMILES string of the molecule is CC(=O)NCCCCC1NC(=O)COc2ccc(cc2)CC(C(=O)O)NC(=O)C(CCc2ccccc2)NC(=O)C(Cc2ccc(-c3ccccc3)cc2)NC1=O. The minimum Gasteiger partial charge on any atom is -0.484 e. The number of fused-ring (bicyclic) bond motifs is 16. The second-order valence-electron chi connectivity index (χ2n) is 14.0. The highest BCUT2D eigenvalue weighted by molar-refractivity contribution is 5.95. The predicted octanol–water partition coefficient (Wildman–Crippen LogP) is 3.49. The summed E-state index contributed by atoms with van der Waals surface area (Å²) in [5.74, 6) is -3.65. The molecule has 4 unspecified atom stereocenters. The number of carboxylic acids is 1. The number of aliphatic carboxylic acids is 1. The van der Waals surface area contributed by atoms with Gasteiger partial charge in [-0.3, -0.25) is 24.0 Å². The van der Waals surface area contributed by atoms with E-state index >= 15 is 0 Å². The Labute approximate surface area is 332 Å². The lowest BCUT2D eigenvalue weighted by molar-refractivity contribution is -0.142. The molecule has 13 heteroatoms. The first kappa shape index (κ1) is 41.7. The van der Waals surface area contributed by atoms with E-state index < -0.39 is 60.4 Å². The molecule has 2 heterocycles. The summed E-state index contributed by atoms with van der Waals surface area (Å²) in [5, 5.41) is 23.9. The Morgan fingerprint density at radius 3 is 1.93 bits per heavy atom. The van der Waals surface area contributed by atoms with E-state index in [9.17, 15) is 33.9 Å². The van der Waals surface area contributed by atoms with Crippen molar-refractivity contribution in [2.24, 2.45) is 0 Å². The molecular formula is C44H49N5O8. The van der Waals surface area contributed by atoms with Crippen LogP contribution in [0.3, 0.4) is 0 Å². The van der Waals surface area contributed by atoms with E-state index in [2.05, 4.69) is 26.6 Å². The van der Waals surface area contributed by atoms with Gasteiger partial charge in [0.05, 0.1) is 0 Å². The summed E-state index contributed by atoms with van der Waals surface area (Å²) in [7, 11) is 0. The van der Waals surface area contributed by atoms with Gasteiger partial charge in [-0.2, -0.15) is 0 Å². The molecule has 2 bridgehead atoms. The monoisotopic (exact) mass is 775 g/mol. The van der Waals surface area contributed by atoms with Crippen molar-refractivity contribution in [2.75, 3.05) is 13.2 Å². The predicted molar refractivity (Wildman–Crippen MR) is 214 cm³/mol. The van der Waals surface area contributed by atoms with Crippen molar-refractivity contribution in [3.8, 4) is 16.9 Å². The summed E-state index contributed by atoms with van der Waals surface area (Å²) in [6, 6.07) is 28.4. The molecule has 0 saturated heterocycles. The largest absolute Gasteiger partial charge is 0.484 e. The van der Waals surface area contributed by atoms with Crippen LogP contribution in [0.15, 0.2) is 109 Å². The van der Waals surface area contributed by atoms with Gasteiger partial charge in [0, 0.05) is 26.3 Å². The molecule has 0 saturated carbocycles. The summed E-state index contributed by atoms with van der Waals surface area (Å²) in [6.45, 7) is 1.38. The molecule has 13 nitrogen and oxygen atoms in total. The molecule has 2 aliphatic heterocycles. The molecule has 6 rings (SSSR count). The number of aryl methyl sites for hydroxylation is 1. The molecule has 298 valence electrons. The average molecular weight is 776 g/mol. The minimum absolute atomic E-state index is 0.0394. The van der Waals surface area contributed by atoms with Crippen molar-refractivity contribution in [1.82, 2.24) is 26.6 Å². The second kappa shape index (κ2) is 21.0. The van der Waals surface area contributed by atoms with E-state index in [1.54, 1.807) is 24.3 Å². The van der Waals surface area contributed by atoms with Crippen LogP contribution < -0.4 is 31.3 Å². The van der Waals surface area contributed by atoms with E-state index in [-0.39, 0.29) is 31.6 Å². The smallest absolute Gasteiger partial charge is 0.326 e. The van der Waals surface area contributed by atoms with Crippen molar-refractivity contribution in [3.63, 3.8) is 0 Å². The van der Waals surface area contributed by atoms with Crippen LogP contribution in [0.5, 0.6) is 5.75 Å². The Morgan fingerprint density at radius 2 is 1.26 bits per heavy atom. The van der Waals surface area contributed by atoms with Gasteiger partial charge < -0.3 is 36.4 Å². The van der Waals surface area contributed by atoms with Crippen molar-refractivity contribution < 1.29 is 38.6 Å². The van der Waals surface area contributed by atoms with Crippen LogP contribution in [-0.2, 0) is 48.0 Å². The summed E-state index contributed by atoms with van der Waals surface area (Å²) < 4.78 is 5.68. The maximum atomic E-state index is 14.3. The molecule has 57 heavy (non-hydrogen) atoms. The molecule has 6 N–H and O–H groups in total. The van der Waals surface area contributed by atoms with E-state index in [0.29, 0.717) is 37.1 Å². The molecule has 4 aromatic carbocycles. The van der Waals surface area contributed by atoms with Crippen molar-refractivity contribution in [3.05, 3.63) is 126 Å². The van der Waals surface area contributed by atoms with Crippen LogP contribution in [0, 0.1) is 0 Å². The number of nitrogens with one attached hydrogen (secondary N) is 5. The van der Waals surface area contributed by atoms with Crippen LogP contribution in [-0.4, -0.2) is 77.9 Å². The lowest BCUT2D eigenvalue weighted by Gasteiger charge is -2.26. The summed E-state index contributed by atoms with van der Waals surface area (Å²) in [4.78, 5) is 79.3. The molecule has 4 aromatic rings. The zero-order valence-electron chi connectivity index (χ0n) is 31.9. The lowest BCUT2D eigenvalue weighted by atomic mass is 9.99. The highest BCUT2D eigenvalue weighted by Crippen LogP contribution is 2.20. The molecular weight excluding hydrogens is 727 g/mol. The van der Waals surface area contributed by atoms with Crippen LogP contribution in [0.4, 0.5) is 0 Å². The molecule has 0 spiro atoms. The van der Waals surface area contributed by atoms with E-state index in [4.69, 9.17) is 4.74 Å². The van der Waals surface area contributed by atoms with Crippen LogP contribution in [0.1, 0.15) is 49.3 Å². The summed E-state index contributed by atoms with van der Waals surface area (Å²) in [5.41, 5.74) is 4.19. The average Bonchev–Trinajstić information content (AvgIpc) is 3.21. The minimum atomic E-state index is -1.32. The maximum Gasteiger partial charge on any atom is 0.326 e. The van der Waals surface area contributed by atoms with Gasteiger partial charge in [-0.05, 0) is 72.1 Å². The van der Waals surface area contributed by atoms with Crippen molar-refractivity contribution >= 4 is 35.5 Å². The van der Waals surface area contributed by atoms with Crippen molar-refractivity contribution in [1.29, 1.82) is 0 Å². The first-order valence-corrected chi connectivity index (χ1v) is 19.1. The number of rotatable bonds is 12. The number of unbranched alkanes of at least 4 members (excludes halogenated alkanes) is 1. The lowest BCUT2D eigenvalue weighted by Crippen LogP contribution is -2.58. The van der Waals surface area contributed by atoms with Gasteiger partial charge in [-0.1, -0.05) is 97.1 Å². The number of carboxylic acid groups (broad SMARTS) is 1. The van der Waals surface area contributed by atoms with Gasteiger partial charge in [0.2, 0.25) is 23.6 Å². The Bertz CT molecular complexity index is 1970. The zero-order valence-corrected chi connectivity index (χ0v) is 31.9. The Hall–Kier alpha value is -6.50. The van der Waals surface area contributed by atoms with Crippen LogP contribution in [0.25, 0.3) is 11.1 Å². The van der Waals surface area contributed by atoms with Gasteiger partial charge in [-0.25, -0.2) is 4.79 Å². The van der Waals surface area contributed by atoms with Gasteiger partial charge in [-0.15, -0.1) is 0 Å². The van der Waals surface area contributed by atoms with Crippen LogP contribution >= 0.6 is 0 Å². The molecule has 2 aliphatic rings. The Kier molecular flexibility index (Phi) is 15.3. The third-order valence-electron chi connectivity index (χ3n) is 9.62. The van der Waals surface area contributed by atoms with Crippen molar-refractivity contribution in [2.45, 2.75) is 76.0 Å². The molecule has 0 fully saturated rings. The number of benzene rings is 4. The van der Waals surface area contributed by atoms with E-state index in [0.717, 1.165) is 22.3 Å². The molecule has 0 radical (unpaired) electrons. The maximum absolute atomic E-state index is 14.3. The summed E-state index contributed by atoms with van der Waals surface area (Å²) >= 11 is 0. The molecule has 4 atom stereocenters. The third kappa shape index (κ3) is 13.3. The zero-order chi connectivity index (χ0) is 40.6. The number of hydrogen-bond donors (Lipinski definition) is 6. The summed E-state index contributed by atoms with van der Waals surface area (Å²) in [6.07, 6.45) is 1.72. The standard InChI is InChI=1S/C44H49N5O8/c1-29(50)45-25-9-8-14-36-41(52)48-38(26-31-15-20-34(21-16-31)33-12-6-3-7-13-33)43(54)47-37(24-19-30-10-4-2-5-11-30)42(53)49-39(44(55)56)27-32-17-22-35(23-18-32)57-28-40(51)46-36/h2-7,10-13,15-18,20-23,36-39H,8-9,14,19,24-28H2,1H3,(H,45,50)(H,46,51)(H,47,54)(H,48,52)(H,49,53)(H,55,56). The molecule has 0 aromatic heterocycles. The van der Waals surface area contributed by atoms with Gasteiger partial charge in [0.1, 0.15) is 29.9 Å². The molecule has 0 aliphatic carbocycles. The van der Waals surface area contributed by atoms with E-state index in [1.165, 1.54) is 6.92 Å². The number of carbonyl (C=O) groups is 6. The number of ether oxygens (including phenoxy) is 1. The Balaban J connectivity index is 1.46. The highest BCUT2D eigenvalue weighted by atomic mass is 16.5. The first-order valence-electron chi connectivity index (χ1n) is 19.1. The van der Waals surface area contributed by atoms with Gasteiger partial charge in [0.15, 0.2) is 6.61 Å².